The van der Waals surface area contributed by atoms with Gasteiger partial charge >= 0.3 is 0 Å². The summed E-state index contributed by atoms with van der Waals surface area (Å²) in [6, 6.07) is 7.73. The summed E-state index contributed by atoms with van der Waals surface area (Å²) in [6.07, 6.45) is 5.70. The summed E-state index contributed by atoms with van der Waals surface area (Å²) in [4.78, 5) is 13.0. The highest BCUT2D eigenvalue weighted by Gasteiger charge is 2.20. The second-order valence-corrected chi connectivity index (χ2v) is 7.73. The van der Waals surface area contributed by atoms with Crippen LogP contribution in [0.3, 0.4) is 0 Å². The molecule has 0 spiro atoms. The van der Waals surface area contributed by atoms with E-state index in [-0.39, 0.29) is 11.7 Å². The lowest BCUT2D eigenvalue weighted by atomic mass is 10.2. The molecule has 0 radical (unpaired) electrons. The van der Waals surface area contributed by atoms with Crippen molar-refractivity contribution in [1.82, 2.24) is 19.2 Å². The van der Waals surface area contributed by atoms with Crippen molar-refractivity contribution in [2.45, 2.75) is 56.8 Å². The van der Waals surface area contributed by atoms with Crippen LogP contribution in [-0.2, 0) is 11.3 Å². The Morgan fingerprint density at radius 1 is 1.27 bits per heavy atom. The lowest BCUT2D eigenvalue weighted by Gasteiger charge is -2.12. The fourth-order valence-electron chi connectivity index (χ4n) is 3.49. The molecule has 1 atom stereocenters. The molecule has 4 rings (SSSR count). The topological polar surface area (TPSA) is 61.4 Å². The van der Waals surface area contributed by atoms with E-state index in [0.29, 0.717) is 12.3 Å². The zero-order valence-electron chi connectivity index (χ0n) is 15.1. The Morgan fingerprint density at radius 2 is 2.15 bits per heavy atom. The molecule has 1 unspecified atom stereocenters. The number of thioether (sulfide) groups is 1. The van der Waals surface area contributed by atoms with Crippen molar-refractivity contribution in [2.24, 2.45) is 0 Å². The molecule has 2 aromatic heterocycles. The Bertz CT molecular complexity index is 959. The molecule has 3 heterocycles. The Labute approximate surface area is 156 Å². The van der Waals surface area contributed by atoms with E-state index in [9.17, 15) is 4.79 Å². The van der Waals surface area contributed by atoms with Gasteiger partial charge < -0.3 is 4.74 Å². The van der Waals surface area contributed by atoms with E-state index in [0.717, 1.165) is 60.5 Å². The average Bonchev–Trinajstić information content (AvgIpc) is 3.32. The molecule has 0 amide bonds. The molecule has 138 valence electrons. The van der Waals surface area contributed by atoms with Crippen molar-refractivity contribution >= 4 is 28.4 Å². The standard InChI is InChI=1S/C19H24N4O2S/c1-2-3-6-11-22-17(24)15-9-4-5-10-16(15)23-18(22)20-21-19(23)26-13-14-8-7-12-25-14/h4-5,9-10,14H,2-3,6-8,11-13H2,1H3. The Kier molecular flexibility index (Phi) is 5.26. The number of aryl methyl sites for hydroxylation is 1. The maximum Gasteiger partial charge on any atom is 0.262 e. The number of rotatable bonds is 7. The van der Waals surface area contributed by atoms with Gasteiger partial charge in [0.1, 0.15) is 0 Å². The second-order valence-electron chi connectivity index (χ2n) is 6.75. The number of hydrogen-bond acceptors (Lipinski definition) is 5. The van der Waals surface area contributed by atoms with Gasteiger partial charge in [-0.3, -0.25) is 13.8 Å². The van der Waals surface area contributed by atoms with Gasteiger partial charge in [0.2, 0.25) is 5.78 Å². The summed E-state index contributed by atoms with van der Waals surface area (Å²) in [5.74, 6) is 1.50. The van der Waals surface area contributed by atoms with Crippen LogP contribution in [-0.4, -0.2) is 37.6 Å². The Hall–Kier alpha value is -1.86. The number of para-hydroxylation sites is 1. The van der Waals surface area contributed by atoms with Gasteiger partial charge in [0, 0.05) is 18.9 Å². The second kappa shape index (κ2) is 7.80. The minimum Gasteiger partial charge on any atom is -0.377 e. The lowest BCUT2D eigenvalue weighted by Crippen LogP contribution is -2.23. The van der Waals surface area contributed by atoms with Crippen LogP contribution in [0, 0.1) is 0 Å². The van der Waals surface area contributed by atoms with E-state index in [1.807, 2.05) is 28.7 Å². The molecule has 0 bridgehead atoms. The fourth-order valence-corrected chi connectivity index (χ4v) is 4.50. The van der Waals surface area contributed by atoms with Crippen LogP contribution in [0.25, 0.3) is 16.7 Å². The molecule has 1 aromatic carbocycles. The van der Waals surface area contributed by atoms with Crippen molar-refractivity contribution in [3.8, 4) is 0 Å². The number of ether oxygens (including phenoxy) is 1. The van der Waals surface area contributed by atoms with E-state index in [4.69, 9.17) is 4.74 Å². The molecule has 0 saturated carbocycles. The van der Waals surface area contributed by atoms with Crippen LogP contribution < -0.4 is 5.56 Å². The van der Waals surface area contributed by atoms with Crippen molar-refractivity contribution in [2.75, 3.05) is 12.4 Å². The minimum absolute atomic E-state index is 0.0206. The van der Waals surface area contributed by atoms with Crippen molar-refractivity contribution in [3.05, 3.63) is 34.6 Å². The van der Waals surface area contributed by atoms with Gasteiger partial charge in [-0.1, -0.05) is 43.7 Å². The van der Waals surface area contributed by atoms with Gasteiger partial charge in [-0.25, -0.2) is 0 Å². The number of fused-ring (bicyclic) bond motifs is 3. The molecule has 6 nitrogen and oxygen atoms in total. The molecule has 1 aliphatic heterocycles. The van der Waals surface area contributed by atoms with E-state index < -0.39 is 0 Å². The molecule has 1 saturated heterocycles. The number of unbranched alkanes of at least 4 members (excludes halogenated alkanes) is 2. The summed E-state index contributed by atoms with van der Waals surface area (Å²) in [5, 5.41) is 10.3. The van der Waals surface area contributed by atoms with Crippen LogP contribution in [0.1, 0.15) is 39.0 Å². The van der Waals surface area contributed by atoms with Crippen LogP contribution in [0.2, 0.25) is 0 Å². The number of benzene rings is 1. The van der Waals surface area contributed by atoms with Gasteiger partial charge in [0.15, 0.2) is 5.16 Å². The first kappa shape index (κ1) is 17.5. The summed E-state index contributed by atoms with van der Waals surface area (Å²) in [7, 11) is 0. The third kappa shape index (κ3) is 3.25. The molecular formula is C19H24N4O2S. The molecule has 3 aromatic rings. The van der Waals surface area contributed by atoms with Gasteiger partial charge in [0.25, 0.3) is 5.56 Å². The largest absolute Gasteiger partial charge is 0.377 e. The average molecular weight is 372 g/mol. The molecule has 0 aliphatic carbocycles. The van der Waals surface area contributed by atoms with Crippen molar-refractivity contribution in [3.63, 3.8) is 0 Å². The Morgan fingerprint density at radius 3 is 2.96 bits per heavy atom. The lowest BCUT2D eigenvalue weighted by molar-refractivity contribution is 0.129. The van der Waals surface area contributed by atoms with Crippen LogP contribution in [0.5, 0.6) is 0 Å². The fraction of sp³-hybridized carbons (Fsp3) is 0.526. The monoisotopic (exact) mass is 372 g/mol. The molecule has 1 aliphatic rings. The first-order chi connectivity index (χ1) is 12.8. The first-order valence-corrected chi connectivity index (χ1v) is 10.4. The van der Waals surface area contributed by atoms with Gasteiger partial charge in [-0.05, 0) is 31.4 Å². The number of hydrogen-bond donors (Lipinski definition) is 0. The number of nitrogens with zero attached hydrogens (tertiary/aromatic N) is 4. The maximum absolute atomic E-state index is 13.0. The zero-order valence-corrected chi connectivity index (χ0v) is 15.9. The highest BCUT2D eigenvalue weighted by atomic mass is 32.2. The summed E-state index contributed by atoms with van der Waals surface area (Å²) in [6.45, 7) is 3.69. The smallest absolute Gasteiger partial charge is 0.262 e. The van der Waals surface area contributed by atoms with E-state index in [2.05, 4.69) is 17.1 Å². The van der Waals surface area contributed by atoms with Crippen molar-refractivity contribution < 1.29 is 4.74 Å². The summed E-state index contributed by atoms with van der Waals surface area (Å²) >= 11 is 1.66. The molecular weight excluding hydrogens is 348 g/mol. The predicted molar refractivity (Wildman–Crippen MR) is 104 cm³/mol. The minimum atomic E-state index is 0.0206. The first-order valence-electron chi connectivity index (χ1n) is 9.40. The van der Waals surface area contributed by atoms with Crippen molar-refractivity contribution in [1.29, 1.82) is 0 Å². The van der Waals surface area contributed by atoms with Crippen LogP contribution in [0.4, 0.5) is 0 Å². The van der Waals surface area contributed by atoms with Crippen LogP contribution in [0.15, 0.2) is 34.2 Å². The highest BCUT2D eigenvalue weighted by Crippen LogP contribution is 2.25. The van der Waals surface area contributed by atoms with E-state index >= 15 is 0 Å². The third-order valence-electron chi connectivity index (χ3n) is 4.89. The maximum atomic E-state index is 13.0. The molecule has 1 fully saturated rings. The van der Waals surface area contributed by atoms with Gasteiger partial charge in [-0.2, -0.15) is 0 Å². The zero-order chi connectivity index (χ0) is 17.9. The quantitative estimate of drug-likeness (QED) is 0.469. The predicted octanol–water partition coefficient (Wildman–Crippen LogP) is 3.51. The Balaban J connectivity index is 1.78. The van der Waals surface area contributed by atoms with E-state index in [1.165, 1.54) is 0 Å². The molecule has 26 heavy (non-hydrogen) atoms. The summed E-state index contributed by atoms with van der Waals surface area (Å²) in [5.41, 5.74) is 0.895. The SMILES string of the molecule is CCCCCn1c(=O)c2ccccc2n2c(SCC3CCCO3)nnc12. The molecule has 7 heteroatoms. The van der Waals surface area contributed by atoms with Gasteiger partial charge in [0.05, 0.1) is 17.0 Å². The molecule has 0 N–H and O–H groups in total. The third-order valence-corrected chi connectivity index (χ3v) is 5.95. The number of aromatic nitrogens is 4. The summed E-state index contributed by atoms with van der Waals surface area (Å²) < 4.78 is 9.53. The highest BCUT2D eigenvalue weighted by molar-refractivity contribution is 7.99. The normalized spacial score (nSPS) is 17.5. The van der Waals surface area contributed by atoms with Crippen LogP contribution >= 0.6 is 11.8 Å². The van der Waals surface area contributed by atoms with Gasteiger partial charge in [-0.15, -0.1) is 10.2 Å². The van der Waals surface area contributed by atoms with E-state index in [1.54, 1.807) is 16.3 Å².